The Hall–Kier alpha value is -0.0400. The smallest absolute Gasteiger partial charge is 0.00954 e. The molecule has 2 fully saturated rings. The van der Waals surface area contributed by atoms with Crippen LogP contribution in [-0.4, -0.2) is 12.6 Å². The van der Waals surface area contributed by atoms with E-state index in [-0.39, 0.29) is 0 Å². The van der Waals surface area contributed by atoms with Crippen LogP contribution in [-0.2, 0) is 0 Å². The fourth-order valence-electron chi connectivity index (χ4n) is 3.75. The van der Waals surface area contributed by atoms with Crippen LogP contribution >= 0.6 is 0 Å². The third kappa shape index (κ3) is 3.00. The van der Waals surface area contributed by atoms with Crippen LogP contribution in [0.25, 0.3) is 0 Å². The second-order valence-corrected chi connectivity index (χ2v) is 6.46. The molecule has 0 aromatic rings. The summed E-state index contributed by atoms with van der Waals surface area (Å²) in [5.74, 6) is 0.957. The number of nitrogens with one attached hydrogen (secondary N) is 1. The monoisotopic (exact) mass is 223 g/mol. The molecule has 0 bridgehead atoms. The van der Waals surface area contributed by atoms with Crippen LogP contribution < -0.4 is 5.32 Å². The molecule has 0 heterocycles. The van der Waals surface area contributed by atoms with Crippen molar-refractivity contribution >= 4 is 0 Å². The largest absolute Gasteiger partial charge is 0.313 e. The zero-order chi connectivity index (χ0) is 11.4. The van der Waals surface area contributed by atoms with Gasteiger partial charge in [0.05, 0.1) is 0 Å². The van der Waals surface area contributed by atoms with E-state index in [9.17, 15) is 0 Å². The maximum atomic E-state index is 3.91. The molecular formula is C15H29N. The minimum Gasteiger partial charge on any atom is -0.313 e. The lowest BCUT2D eigenvalue weighted by molar-refractivity contribution is 0.217. The quantitative estimate of drug-likeness (QED) is 0.756. The zero-order valence-corrected chi connectivity index (χ0v) is 11.2. The molecular weight excluding hydrogens is 194 g/mol. The lowest BCUT2D eigenvalue weighted by Crippen LogP contribution is -2.42. The number of rotatable bonds is 4. The Balaban J connectivity index is 1.79. The average Bonchev–Trinajstić information content (AvgIpc) is 2.74. The summed E-state index contributed by atoms with van der Waals surface area (Å²) in [6.45, 7) is 6.12. The van der Waals surface area contributed by atoms with Crippen molar-refractivity contribution in [3.05, 3.63) is 0 Å². The first-order valence-electron chi connectivity index (χ1n) is 7.47. The fraction of sp³-hybridized carbons (Fsp3) is 1.00. The van der Waals surface area contributed by atoms with E-state index < -0.39 is 0 Å². The summed E-state index contributed by atoms with van der Waals surface area (Å²) < 4.78 is 0. The van der Waals surface area contributed by atoms with Crippen LogP contribution in [0.1, 0.15) is 71.6 Å². The Bertz CT molecular complexity index is 205. The molecule has 16 heavy (non-hydrogen) atoms. The maximum Gasteiger partial charge on any atom is 0.00954 e. The highest BCUT2D eigenvalue weighted by Crippen LogP contribution is 2.37. The Labute approximate surface area is 101 Å². The van der Waals surface area contributed by atoms with Crippen LogP contribution in [0, 0.1) is 11.3 Å². The van der Waals surface area contributed by atoms with Crippen LogP contribution in [0.3, 0.4) is 0 Å². The minimum absolute atomic E-state index is 0.621. The fourth-order valence-corrected chi connectivity index (χ4v) is 3.75. The summed E-state index contributed by atoms with van der Waals surface area (Å²) in [6, 6.07) is 0.830. The molecule has 2 unspecified atom stereocenters. The van der Waals surface area contributed by atoms with Crippen molar-refractivity contribution in [2.45, 2.75) is 77.7 Å². The number of hydrogen-bond donors (Lipinski definition) is 1. The van der Waals surface area contributed by atoms with Gasteiger partial charge in [-0.15, -0.1) is 0 Å². The molecule has 1 nitrogen and oxygen atoms in total. The van der Waals surface area contributed by atoms with Crippen molar-refractivity contribution in [1.29, 1.82) is 0 Å². The van der Waals surface area contributed by atoms with Gasteiger partial charge in [0.2, 0.25) is 0 Å². The third-order valence-electron chi connectivity index (χ3n) is 5.04. The van der Waals surface area contributed by atoms with Gasteiger partial charge in [0.15, 0.2) is 0 Å². The van der Waals surface area contributed by atoms with E-state index >= 15 is 0 Å². The van der Waals surface area contributed by atoms with Gasteiger partial charge in [-0.3, -0.25) is 0 Å². The van der Waals surface area contributed by atoms with Crippen molar-refractivity contribution in [3.8, 4) is 0 Å². The van der Waals surface area contributed by atoms with E-state index in [1.807, 2.05) is 0 Å². The van der Waals surface area contributed by atoms with Crippen molar-refractivity contribution < 1.29 is 0 Å². The Morgan fingerprint density at radius 3 is 2.44 bits per heavy atom. The molecule has 1 N–H and O–H groups in total. The topological polar surface area (TPSA) is 12.0 Å². The summed E-state index contributed by atoms with van der Waals surface area (Å²) in [4.78, 5) is 0. The summed E-state index contributed by atoms with van der Waals surface area (Å²) in [7, 11) is 0. The normalized spacial score (nSPS) is 34.1. The summed E-state index contributed by atoms with van der Waals surface area (Å²) in [5.41, 5.74) is 0.621. The van der Waals surface area contributed by atoms with Gasteiger partial charge in [0.25, 0.3) is 0 Å². The second-order valence-electron chi connectivity index (χ2n) is 6.46. The van der Waals surface area contributed by atoms with Crippen LogP contribution in [0.2, 0.25) is 0 Å². The van der Waals surface area contributed by atoms with Crippen molar-refractivity contribution in [1.82, 2.24) is 5.32 Å². The van der Waals surface area contributed by atoms with Gasteiger partial charge in [-0.05, 0) is 37.0 Å². The molecule has 2 aliphatic carbocycles. The molecule has 2 atom stereocenters. The van der Waals surface area contributed by atoms with Crippen molar-refractivity contribution in [2.75, 3.05) is 6.54 Å². The van der Waals surface area contributed by atoms with E-state index in [0.29, 0.717) is 5.41 Å². The van der Waals surface area contributed by atoms with Crippen molar-refractivity contribution in [2.24, 2.45) is 11.3 Å². The molecule has 0 spiro atoms. The van der Waals surface area contributed by atoms with E-state index in [2.05, 4.69) is 19.2 Å². The molecule has 2 saturated carbocycles. The second kappa shape index (κ2) is 5.53. The molecule has 2 aliphatic rings. The summed E-state index contributed by atoms with van der Waals surface area (Å²) in [6.07, 6.45) is 13.0. The van der Waals surface area contributed by atoms with Crippen LogP contribution in [0.15, 0.2) is 0 Å². The summed E-state index contributed by atoms with van der Waals surface area (Å²) in [5, 5.41) is 3.91. The SMILES string of the molecule is CCC1CCCCC1NCC1(C)CCCC1. The van der Waals surface area contributed by atoms with Crippen LogP contribution in [0.5, 0.6) is 0 Å². The van der Waals surface area contributed by atoms with Gasteiger partial charge in [-0.2, -0.15) is 0 Å². The molecule has 0 aromatic heterocycles. The lowest BCUT2D eigenvalue weighted by atomic mass is 9.81. The highest BCUT2D eigenvalue weighted by molar-refractivity contribution is 4.86. The van der Waals surface area contributed by atoms with Gasteiger partial charge in [0.1, 0.15) is 0 Å². The van der Waals surface area contributed by atoms with E-state index in [1.54, 1.807) is 0 Å². The standard InChI is InChI=1S/C15H29N/c1-3-13-8-4-5-9-14(13)16-12-15(2)10-6-7-11-15/h13-14,16H,3-12H2,1-2H3. The molecule has 2 rings (SSSR count). The predicted molar refractivity (Wildman–Crippen MR) is 70.6 cm³/mol. The molecule has 0 aromatic carbocycles. The van der Waals surface area contributed by atoms with E-state index in [4.69, 9.17) is 0 Å². The summed E-state index contributed by atoms with van der Waals surface area (Å²) >= 11 is 0. The molecule has 0 aliphatic heterocycles. The van der Waals surface area contributed by atoms with Gasteiger partial charge in [0, 0.05) is 12.6 Å². The Morgan fingerprint density at radius 1 is 1.06 bits per heavy atom. The van der Waals surface area contributed by atoms with Crippen molar-refractivity contribution in [3.63, 3.8) is 0 Å². The highest BCUT2D eigenvalue weighted by Gasteiger charge is 2.30. The zero-order valence-electron chi connectivity index (χ0n) is 11.2. The molecule has 94 valence electrons. The number of hydrogen-bond acceptors (Lipinski definition) is 1. The first kappa shape index (κ1) is 12.4. The Kier molecular flexibility index (Phi) is 4.29. The lowest BCUT2D eigenvalue weighted by Gasteiger charge is -2.35. The predicted octanol–water partition coefficient (Wildman–Crippen LogP) is 4.13. The molecule has 0 amide bonds. The first-order chi connectivity index (χ1) is 7.73. The maximum absolute atomic E-state index is 3.91. The Morgan fingerprint density at radius 2 is 1.75 bits per heavy atom. The third-order valence-corrected chi connectivity index (χ3v) is 5.04. The first-order valence-corrected chi connectivity index (χ1v) is 7.47. The van der Waals surface area contributed by atoms with E-state index in [0.717, 1.165) is 12.0 Å². The van der Waals surface area contributed by atoms with Gasteiger partial charge in [-0.1, -0.05) is 46.0 Å². The minimum atomic E-state index is 0.621. The highest BCUT2D eigenvalue weighted by atomic mass is 14.9. The van der Waals surface area contributed by atoms with Gasteiger partial charge >= 0.3 is 0 Å². The van der Waals surface area contributed by atoms with Crippen LogP contribution in [0.4, 0.5) is 0 Å². The average molecular weight is 223 g/mol. The van der Waals surface area contributed by atoms with Gasteiger partial charge < -0.3 is 5.32 Å². The molecule has 1 heteroatoms. The molecule has 0 radical (unpaired) electrons. The van der Waals surface area contributed by atoms with E-state index in [1.165, 1.54) is 64.3 Å². The molecule has 0 saturated heterocycles. The van der Waals surface area contributed by atoms with Gasteiger partial charge in [-0.25, -0.2) is 0 Å².